The van der Waals surface area contributed by atoms with E-state index in [1.807, 2.05) is 30.3 Å². The van der Waals surface area contributed by atoms with Crippen LogP contribution in [0.2, 0.25) is 0 Å². The molecule has 0 heterocycles. The Morgan fingerprint density at radius 2 is 1.83 bits per heavy atom. The van der Waals surface area contributed by atoms with Crippen molar-refractivity contribution in [3.63, 3.8) is 0 Å². The van der Waals surface area contributed by atoms with Crippen molar-refractivity contribution in [3.8, 4) is 0 Å². The van der Waals surface area contributed by atoms with Gasteiger partial charge in [-0.2, -0.15) is 0 Å². The molecule has 24 heavy (non-hydrogen) atoms. The lowest BCUT2D eigenvalue weighted by Crippen LogP contribution is -2.37. The zero-order valence-electron chi connectivity index (χ0n) is 13.3. The van der Waals surface area contributed by atoms with Crippen LogP contribution in [0.4, 0.5) is 4.39 Å². The van der Waals surface area contributed by atoms with Crippen LogP contribution in [0.3, 0.4) is 0 Å². The Kier molecular flexibility index (Phi) is 6.05. The Hall–Kier alpha value is -2.25. The maximum atomic E-state index is 13.0. The molecule has 0 unspecified atom stereocenters. The van der Waals surface area contributed by atoms with E-state index in [0.29, 0.717) is 13.0 Å². The van der Waals surface area contributed by atoms with E-state index in [-0.39, 0.29) is 17.0 Å². The Morgan fingerprint density at radius 1 is 1.12 bits per heavy atom. The average molecular weight is 350 g/mol. The summed E-state index contributed by atoms with van der Waals surface area (Å²) in [6.07, 6.45) is 0.663. The topological polar surface area (TPSA) is 75.3 Å². The minimum Gasteiger partial charge on any atom is -0.355 e. The quantitative estimate of drug-likeness (QED) is 0.799. The molecule has 0 aliphatic rings. The highest BCUT2D eigenvalue weighted by Gasteiger charge is 2.18. The highest BCUT2D eigenvalue weighted by molar-refractivity contribution is 7.89. The molecule has 2 N–H and O–H groups in total. The van der Waals surface area contributed by atoms with Gasteiger partial charge in [0.25, 0.3) is 0 Å². The van der Waals surface area contributed by atoms with E-state index in [4.69, 9.17) is 0 Å². The van der Waals surface area contributed by atoms with Crippen molar-refractivity contribution in [2.24, 2.45) is 0 Å². The molecule has 0 atom stereocenters. The Balaban J connectivity index is 1.84. The highest BCUT2D eigenvalue weighted by Crippen LogP contribution is 2.15. The minimum absolute atomic E-state index is 0.0408. The summed E-state index contributed by atoms with van der Waals surface area (Å²) < 4.78 is 39.6. The predicted molar refractivity (Wildman–Crippen MR) is 89.5 cm³/mol. The van der Waals surface area contributed by atoms with E-state index in [2.05, 4.69) is 10.0 Å². The normalized spacial score (nSPS) is 11.2. The summed E-state index contributed by atoms with van der Waals surface area (Å²) in [5.74, 6) is -0.931. The van der Waals surface area contributed by atoms with Gasteiger partial charge in [0.05, 0.1) is 11.4 Å². The molecule has 2 rings (SSSR count). The van der Waals surface area contributed by atoms with Crippen molar-refractivity contribution in [3.05, 3.63) is 65.5 Å². The molecule has 0 fully saturated rings. The lowest BCUT2D eigenvalue weighted by Gasteiger charge is -2.10. The van der Waals surface area contributed by atoms with Crippen LogP contribution in [-0.4, -0.2) is 27.4 Å². The Labute approximate surface area is 141 Å². The maximum absolute atomic E-state index is 13.0. The first-order chi connectivity index (χ1) is 11.4. The Morgan fingerprint density at radius 3 is 2.50 bits per heavy atom. The van der Waals surface area contributed by atoms with E-state index in [1.54, 1.807) is 0 Å². The fourth-order valence-corrected chi connectivity index (χ4v) is 3.41. The van der Waals surface area contributed by atoms with Crippen molar-refractivity contribution >= 4 is 15.9 Å². The monoisotopic (exact) mass is 350 g/mol. The van der Waals surface area contributed by atoms with Gasteiger partial charge in [-0.05, 0) is 42.7 Å². The zero-order chi connectivity index (χ0) is 17.6. The summed E-state index contributed by atoms with van der Waals surface area (Å²) in [6, 6.07) is 13.0. The van der Waals surface area contributed by atoms with Crippen molar-refractivity contribution in [1.29, 1.82) is 0 Å². The van der Waals surface area contributed by atoms with E-state index < -0.39 is 21.7 Å². The van der Waals surface area contributed by atoms with Crippen LogP contribution < -0.4 is 10.0 Å². The molecular formula is C17H19FN2O3S. The second-order valence-corrected chi connectivity index (χ2v) is 7.06. The third-order valence-electron chi connectivity index (χ3n) is 3.43. The number of carbonyl (C=O) groups is 1. The first kappa shape index (κ1) is 18.1. The van der Waals surface area contributed by atoms with E-state index in [9.17, 15) is 17.6 Å². The molecule has 0 bridgehead atoms. The molecule has 0 saturated heterocycles. The molecule has 128 valence electrons. The fraction of sp³-hybridized carbons (Fsp3) is 0.235. The van der Waals surface area contributed by atoms with Crippen LogP contribution >= 0.6 is 0 Å². The second-order valence-electron chi connectivity index (χ2n) is 5.32. The number of amides is 1. The number of nitrogens with one attached hydrogen (secondary N) is 2. The number of hydrogen-bond acceptors (Lipinski definition) is 3. The van der Waals surface area contributed by atoms with Crippen LogP contribution in [0, 0.1) is 12.7 Å². The number of sulfonamides is 1. The molecule has 0 aromatic heterocycles. The average Bonchev–Trinajstić information content (AvgIpc) is 2.54. The van der Waals surface area contributed by atoms with Crippen molar-refractivity contribution in [2.45, 2.75) is 18.2 Å². The summed E-state index contributed by atoms with van der Waals surface area (Å²) in [5.41, 5.74) is 1.37. The number of hydrogen-bond donors (Lipinski definition) is 2. The molecule has 2 aromatic rings. The van der Waals surface area contributed by atoms with Gasteiger partial charge in [0.2, 0.25) is 15.9 Å². The third-order valence-corrected chi connectivity index (χ3v) is 4.99. The van der Waals surface area contributed by atoms with E-state index in [1.165, 1.54) is 13.0 Å². The molecule has 0 spiro atoms. The molecule has 0 aliphatic heterocycles. The van der Waals surface area contributed by atoms with Gasteiger partial charge in [-0.25, -0.2) is 17.5 Å². The summed E-state index contributed by atoms with van der Waals surface area (Å²) in [6.45, 7) is 1.55. The summed E-state index contributed by atoms with van der Waals surface area (Å²) in [7, 11) is -3.86. The largest absolute Gasteiger partial charge is 0.355 e. The van der Waals surface area contributed by atoms with Gasteiger partial charge in [0.1, 0.15) is 5.82 Å². The molecule has 2 aromatic carbocycles. The number of halogens is 1. The van der Waals surface area contributed by atoms with Gasteiger partial charge < -0.3 is 5.32 Å². The summed E-state index contributed by atoms with van der Waals surface area (Å²) in [5, 5.41) is 2.65. The van der Waals surface area contributed by atoms with Crippen molar-refractivity contribution in [1.82, 2.24) is 10.0 Å². The number of carbonyl (C=O) groups excluding carboxylic acids is 1. The minimum atomic E-state index is -3.86. The van der Waals surface area contributed by atoms with Crippen molar-refractivity contribution in [2.75, 3.05) is 13.1 Å². The third kappa shape index (κ3) is 5.14. The second kappa shape index (κ2) is 8.03. The van der Waals surface area contributed by atoms with Crippen LogP contribution in [0.1, 0.15) is 11.1 Å². The first-order valence-corrected chi connectivity index (χ1v) is 8.93. The van der Waals surface area contributed by atoms with E-state index in [0.717, 1.165) is 17.7 Å². The molecule has 1 amide bonds. The maximum Gasteiger partial charge on any atom is 0.241 e. The predicted octanol–water partition coefficient (Wildman–Crippen LogP) is 1.77. The van der Waals surface area contributed by atoms with Crippen LogP contribution in [0.25, 0.3) is 0 Å². The molecule has 5 nitrogen and oxygen atoms in total. The van der Waals surface area contributed by atoms with E-state index >= 15 is 0 Å². The van der Waals surface area contributed by atoms with Crippen molar-refractivity contribution < 1.29 is 17.6 Å². The van der Waals surface area contributed by atoms with Gasteiger partial charge in [-0.1, -0.05) is 30.3 Å². The Bertz CT molecular complexity index is 808. The van der Waals surface area contributed by atoms with Gasteiger partial charge in [-0.3, -0.25) is 4.79 Å². The fourth-order valence-electron chi connectivity index (χ4n) is 2.21. The van der Waals surface area contributed by atoms with Gasteiger partial charge in [-0.15, -0.1) is 0 Å². The molecule has 0 aliphatic carbocycles. The number of rotatable bonds is 7. The lowest BCUT2D eigenvalue weighted by atomic mass is 10.1. The molecular weight excluding hydrogens is 331 g/mol. The molecule has 7 heteroatoms. The van der Waals surface area contributed by atoms with Gasteiger partial charge in [0, 0.05) is 6.54 Å². The highest BCUT2D eigenvalue weighted by atomic mass is 32.2. The standard InChI is InChI=1S/C17H19FN2O3S/c1-13-11-15(18)7-8-16(13)24(22,23)20-12-17(21)19-10-9-14-5-3-2-4-6-14/h2-8,11,20H,9-10,12H2,1H3,(H,19,21). The lowest BCUT2D eigenvalue weighted by molar-refractivity contribution is -0.119. The summed E-state index contributed by atoms with van der Waals surface area (Å²) in [4.78, 5) is 11.7. The molecule has 0 radical (unpaired) electrons. The first-order valence-electron chi connectivity index (χ1n) is 7.45. The summed E-state index contributed by atoms with van der Waals surface area (Å²) >= 11 is 0. The van der Waals surface area contributed by atoms with Crippen LogP contribution in [0.15, 0.2) is 53.4 Å². The van der Waals surface area contributed by atoms with Crippen LogP contribution in [-0.2, 0) is 21.2 Å². The van der Waals surface area contributed by atoms with Crippen LogP contribution in [0.5, 0.6) is 0 Å². The number of benzene rings is 2. The smallest absolute Gasteiger partial charge is 0.241 e. The van der Waals surface area contributed by atoms with Gasteiger partial charge in [0.15, 0.2) is 0 Å². The SMILES string of the molecule is Cc1cc(F)ccc1S(=O)(=O)NCC(=O)NCCc1ccccc1. The number of aryl methyl sites for hydroxylation is 1. The zero-order valence-corrected chi connectivity index (χ0v) is 14.1. The molecule has 0 saturated carbocycles. The van der Waals surface area contributed by atoms with Gasteiger partial charge >= 0.3 is 0 Å².